The molecule has 0 saturated heterocycles. The summed E-state index contributed by atoms with van der Waals surface area (Å²) in [6.07, 6.45) is 2.09. The van der Waals surface area contributed by atoms with E-state index in [1.165, 1.54) is 11.3 Å². The zero-order chi connectivity index (χ0) is 19.6. The largest absolute Gasteiger partial charge is 0.370 e. The van der Waals surface area contributed by atoms with Crippen LogP contribution < -0.4 is 4.90 Å². The average Bonchev–Trinajstić information content (AvgIpc) is 3.06. The van der Waals surface area contributed by atoms with Gasteiger partial charge in [0, 0.05) is 13.1 Å². The Labute approximate surface area is 165 Å². The lowest BCUT2D eigenvalue weighted by molar-refractivity contribution is 0.595. The molecule has 0 saturated carbocycles. The second kappa shape index (κ2) is 7.98. The first-order valence-corrected chi connectivity index (χ1v) is 11.6. The molecule has 0 aliphatic carbocycles. The molecule has 0 spiro atoms. The number of fused-ring (bicyclic) bond motifs is 1. The van der Waals surface area contributed by atoms with E-state index >= 15 is 0 Å². The maximum Gasteiger partial charge on any atom is 0.233 e. The second-order valence-electron chi connectivity index (χ2n) is 6.86. The van der Waals surface area contributed by atoms with Crippen LogP contribution in [0, 0.1) is 13.8 Å². The third-order valence-electron chi connectivity index (χ3n) is 4.55. The van der Waals surface area contributed by atoms with Crippen molar-refractivity contribution in [1.29, 1.82) is 0 Å². The predicted molar refractivity (Wildman–Crippen MR) is 114 cm³/mol. The van der Waals surface area contributed by atoms with Crippen LogP contribution in [0.3, 0.4) is 0 Å². The number of aromatic nitrogens is 1. The summed E-state index contributed by atoms with van der Waals surface area (Å²) in [5.74, 6) is 0. The van der Waals surface area contributed by atoms with E-state index in [9.17, 15) is 8.42 Å². The molecule has 1 heterocycles. The van der Waals surface area contributed by atoms with Crippen molar-refractivity contribution in [3.8, 4) is 0 Å². The zero-order valence-electron chi connectivity index (χ0n) is 16.3. The van der Waals surface area contributed by atoms with E-state index in [0.29, 0.717) is 4.90 Å². The maximum absolute atomic E-state index is 13.2. The molecule has 3 aromatic rings. The highest BCUT2D eigenvalue weighted by molar-refractivity contribution is 7.93. The first kappa shape index (κ1) is 19.8. The van der Waals surface area contributed by atoms with E-state index in [1.807, 2.05) is 38.1 Å². The Bertz CT molecular complexity index is 1050. The van der Waals surface area contributed by atoms with Crippen LogP contribution in [0.15, 0.2) is 45.6 Å². The van der Waals surface area contributed by atoms with Gasteiger partial charge in [-0.15, -0.1) is 11.3 Å². The van der Waals surface area contributed by atoms with E-state index in [-0.39, 0.29) is 4.34 Å². The molecule has 3 rings (SSSR count). The van der Waals surface area contributed by atoms with Crippen LogP contribution in [-0.2, 0) is 9.84 Å². The van der Waals surface area contributed by atoms with Gasteiger partial charge in [-0.2, -0.15) is 0 Å². The van der Waals surface area contributed by atoms with Gasteiger partial charge in [0.25, 0.3) is 0 Å². The van der Waals surface area contributed by atoms with Crippen LogP contribution in [0.25, 0.3) is 10.2 Å². The van der Waals surface area contributed by atoms with E-state index in [2.05, 4.69) is 29.8 Å². The Balaban J connectivity index is 2.13. The SMILES string of the molecule is CCCN(CCC)c1cccc2nc(S(=O)(=O)c3ccc(C)cc3C)sc12. The standard InChI is InChI=1S/C21H26N2O2S2/c1-5-12-23(13-6-2)18-9-7-8-17-20(18)26-21(22-17)27(24,25)19-11-10-15(3)14-16(19)4/h7-11,14H,5-6,12-13H2,1-4H3. The van der Waals surface area contributed by atoms with Crippen molar-refractivity contribution in [2.75, 3.05) is 18.0 Å². The normalized spacial score (nSPS) is 11.9. The minimum absolute atomic E-state index is 0.171. The van der Waals surface area contributed by atoms with Crippen molar-refractivity contribution in [2.45, 2.75) is 49.8 Å². The lowest BCUT2D eigenvalue weighted by atomic mass is 10.2. The number of sulfone groups is 1. The average molecular weight is 403 g/mol. The highest BCUT2D eigenvalue weighted by atomic mass is 32.2. The Kier molecular flexibility index (Phi) is 5.86. The molecule has 0 N–H and O–H groups in total. The van der Waals surface area contributed by atoms with Crippen molar-refractivity contribution in [2.24, 2.45) is 0 Å². The minimum Gasteiger partial charge on any atom is -0.370 e. The first-order chi connectivity index (χ1) is 12.9. The van der Waals surface area contributed by atoms with Gasteiger partial charge in [0.05, 0.1) is 20.8 Å². The molecule has 2 aromatic carbocycles. The Morgan fingerprint density at radius 1 is 1.04 bits per heavy atom. The molecule has 6 heteroatoms. The molecule has 0 atom stereocenters. The Morgan fingerprint density at radius 3 is 2.37 bits per heavy atom. The predicted octanol–water partition coefficient (Wildman–Crippen LogP) is 5.37. The van der Waals surface area contributed by atoms with Crippen LogP contribution in [-0.4, -0.2) is 26.5 Å². The maximum atomic E-state index is 13.2. The highest BCUT2D eigenvalue weighted by Gasteiger charge is 2.25. The fourth-order valence-corrected chi connectivity index (χ4v) is 6.30. The van der Waals surface area contributed by atoms with E-state index in [4.69, 9.17) is 0 Å². The Hall–Kier alpha value is -1.92. The number of hydrogen-bond donors (Lipinski definition) is 0. The minimum atomic E-state index is -3.63. The molecule has 0 unspecified atom stereocenters. The second-order valence-corrected chi connectivity index (χ2v) is 9.96. The van der Waals surface area contributed by atoms with E-state index in [0.717, 1.165) is 53.0 Å². The molecule has 27 heavy (non-hydrogen) atoms. The molecule has 4 nitrogen and oxygen atoms in total. The number of rotatable bonds is 7. The van der Waals surface area contributed by atoms with Crippen molar-refractivity contribution in [3.05, 3.63) is 47.5 Å². The third-order valence-corrected chi connectivity index (χ3v) is 7.94. The topological polar surface area (TPSA) is 50.3 Å². The summed E-state index contributed by atoms with van der Waals surface area (Å²) in [5, 5.41) is 0. The van der Waals surface area contributed by atoms with Gasteiger partial charge in [0.2, 0.25) is 14.2 Å². The van der Waals surface area contributed by atoms with Crippen molar-refractivity contribution in [3.63, 3.8) is 0 Å². The number of hydrogen-bond acceptors (Lipinski definition) is 5. The molecule has 1 aromatic heterocycles. The number of anilines is 1. The van der Waals surface area contributed by atoms with Crippen molar-refractivity contribution >= 4 is 37.1 Å². The summed E-state index contributed by atoms with van der Waals surface area (Å²) >= 11 is 1.28. The fraction of sp³-hybridized carbons (Fsp3) is 0.381. The van der Waals surface area contributed by atoms with Crippen LogP contribution >= 0.6 is 11.3 Å². The van der Waals surface area contributed by atoms with E-state index < -0.39 is 9.84 Å². The van der Waals surface area contributed by atoms with E-state index in [1.54, 1.807) is 6.07 Å². The van der Waals surface area contributed by atoms with Gasteiger partial charge < -0.3 is 4.90 Å². The van der Waals surface area contributed by atoms with Crippen molar-refractivity contribution in [1.82, 2.24) is 4.98 Å². The molecule has 144 valence electrons. The van der Waals surface area contributed by atoms with Gasteiger partial charge in [-0.1, -0.05) is 37.6 Å². The van der Waals surface area contributed by atoms with Crippen LogP contribution in [0.5, 0.6) is 0 Å². The van der Waals surface area contributed by atoms with Crippen LogP contribution in [0.4, 0.5) is 5.69 Å². The monoisotopic (exact) mass is 402 g/mol. The molecule has 0 bridgehead atoms. The lowest BCUT2D eigenvalue weighted by Gasteiger charge is -2.24. The molecular formula is C21H26N2O2S2. The van der Waals surface area contributed by atoms with Crippen LogP contribution in [0.2, 0.25) is 0 Å². The highest BCUT2D eigenvalue weighted by Crippen LogP contribution is 2.36. The summed E-state index contributed by atoms with van der Waals surface area (Å²) in [5.41, 5.74) is 3.63. The quantitative estimate of drug-likeness (QED) is 0.533. The third kappa shape index (κ3) is 3.87. The number of thiazole rings is 1. The number of nitrogens with zero attached hydrogens (tertiary/aromatic N) is 2. The molecule has 0 fully saturated rings. The summed E-state index contributed by atoms with van der Waals surface area (Å²) in [6, 6.07) is 11.3. The van der Waals surface area contributed by atoms with Gasteiger partial charge in [0.1, 0.15) is 0 Å². The molecular weight excluding hydrogens is 376 g/mol. The molecule has 0 aliphatic rings. The molecule has 0 amide bonds. The zero-order valence-corrected chi connectivity index (χ0v) is 18.0. The van der Waals surface area contributed by atoms with Gasteiger partial charge in [-0.25, -0.2) is 13.4 Å². The van der Waals surface area contributed by atoms with Gasteiger partial charge >= 0.3 is 0 Å². The molecule has 0 aliphatic heterocycles. The van der Waals surface area contributed by atoms with Crippen molar-refractivity contribution < 1.29 is 8.42 Å². The first-order valence-electron chi connectivity index (χ1n) is 9.35. The van der Waals surface area contributed by atoms with Crippen LogP contribution in [0.1, 0.15) is 37.8 Å². The number of benzene rings is 2. The Morgan fingerprint density at radius 2 is 1.74 bits per heavy atom. The van der Waals surface area contributed by atoms with Gasteiger partial charge in [-0.05, 0) is 50.5 Å². The fourth-order valence-electron chi connectivity index (χ4n) is 3.37. The smallest absolute Gasteiger partial charge is 0.233 e. The lowest BCUT2D eigenvalue weighted by Crippen LogP contribution is -2.24. The van der Waals surface area contributed by atoms with Gasteiger partial charge in [0.15, 0.2) is 0 Å². The van der Waals surface area contributed by atoms with Gasteiger partial charge in [-0.3, -0.25) is 0 Å². The summed E-state index contributed by atoms with van der Waals surface area (Å²) in [4.78, 5) is 7.16. The summed E-state index contributed by atoms with van der Waals surface area (Å²) < 4.78 is 27.5. The molecule has 0 radical (unpaired) electrons. The number of aryl methyl sites for hydroxylation is 2. The summed E-state index contributed by atoms with van der Waals surface area (Å²) in [7, 11) is -3.63. The summed E-state index contributed by atoms with van der Waals surface area (Å²) in [6.45, 7) is 10.0.